The number of thiophene rings is 1. The Bertz CT molecular complexity index is 1180. The van der Waals surface area contributed by atoms with Crippen molar-refractivity contribution >= 4 is 50.6 Å². The van der Waals surface area contributed by atoms with Gasteiger partial charge in [0.1, 0.15) is 21.3 Å². The highest BCUT2D eigenvalue weighted by Crippen LogP contribution is 2.32. The first-order chi connectivity index (χ1) is 13.9. The van der Waals surface area contributed by atoms with Gasteiger partial charge in [0, 0.05) is 17.8 Å². The maximum atomic E-state index is 12.8. The van der Waals surface area contributed by atoms with Crippen molar-refractivity contribution in [1.82, 2.24) is 9.97 Å². The summed E-state index contributed by atoms with van der Waals surface area (Å²) in [5.74, 6) is -0.560. The topological polar surface area (TPSA) is 134 Å². The summed E-state index contributed by atoms with van der Waals surface area (Å²) in [7, 11) is 0. The number of allylic oxidation sites excluding steroid dienone is 1. The fourth-order valence-electron chi connectivity index (χ4n) is 2.56. The quantitative estimate of drug-likeness (QED) is 0.554. The average Bonchev–Trinajstić information content (AvgIpc) is 3.05. The second kappa shape index (κ2) is 8.50. The third kappa shape index (κ3) is 4.39. The maximum Gasteiger partial charge on any atom is 0.268 e. The fraction of sp³-hybridized carbons (Fsp3) is 0.150. The van der Waals surface area contributed by atoms with Crippen molar-refractivity contribution in [2.45, 2.75) is 20.3 Å². The Kier molecular flexibility index (Phi) is 5.85. The summed E-state index contributed by atoms with van der Waals surface area (Å²) in [5.41, 5.74) is 8.67. The van der Waals surface area contributed by atoms with E-state index in [2.05, 4.69) is 20.6 Å². The number of nitrogens with two attached hydrogens (primary N) is 1. The van der Waals surface area contributed by atoms with Crippen LogP contribution in [0.15, 0.2) is 36.5 Å². The summed E-state index contributed by atoms with van der Waals surface area (Å²) in [6, 6.07) is 7.16. The highest BCUT2D eigenvalue weighted by atomic mass is 32.1. The molecule has 0 aliphatic heterocycles. The Labute approximate surface area is 171 Å². The van der Waals surface area contributed by atoms with Crippen molar-refractivity contribution in [3.63, 3.8) is 0 Å². The monoisotopic (exact) mass is 406 g/mol. The fourth-order valence-corrected chi connectivity index (χ4v) is 3.46. The molecule has 8 nitrogen and oxygen atoms in total. The molecule has 0 saturated carbocycles. The number of hydrogen-bond acceptors (Lipinski definition) is 7. The van der Waals surface area contributed by atoms with Crippen molar-refractivity contribution in [2.75, 3.05) is 16.4 Å². The minimum absolute atomic E-state index is 0.131. The van der Waals surface area contributed by atoms with E-state index in [1.807, 2.05) is 19.9 Å². The van der Waals surface area contributed by atoms with Crippen LogP contribution in [-0.4, -0.2) is 21.8 Å². The molecule has 9 heteroatoms. The zero-order valence-corrected chi connectivity index (χ0v) is 16.6. The minimum Gasteiger partial charge on any atom is -0.396 e. The lowest BCUT2D eigenvalue weighted by molar-refractivity contribution is -0.115. The number of nitriles is 1. The molecule has 0 spiro atoms. The number of nitrogens with zero attached hydrogens (tertiary/aromatic N) is 3. The van der Waals surface area contributed by atoms with Crippen molar-refractivity contribution in [2.24, 2.45) is 0 Å². The van der Waals surface area contributed by atoms with E-state index in [-0.39, 0.29) is 28.6 Å². The summed E-state index contributed by atoms with van der Waals surface area (Å²) < 4.78 is 0. The molecule has 0 fully saturated rings. The molecule has 1 aromatic carbocycles. The molecule has 2 aromatic heterocycles. The predicted molar refractivity (Wildman–Crippen MR) is 114 cm³/mol. The minimum atomic E-state index is -0.411. The largest absolute Gasteiger partial charge is 0.396 e. The van der Waals surface area contributed by atoms with Crippen molar-refractivity contribution in [1.29, 1.82) is 5.26 Å². The van der Waals surface area contributed by atoms with Gasteiger partial charge in [-0.2, -0.15) is 5.26 Å². The molecule has 146 valence electrons. The Balaban J connectivity index is 1.84. The molecule has 0 radical (unpaired) electrons. The van der Waals surface area contributed by atoms with Gasteiger partial charge in [-0.15, -0.1) is 11.3 Å². The first-order valence-corrected chi connectivity index (χ1v) is 9.52. The number of nitrogen functional groups attached to an aromatic ring is 1. The SMILES string of the molecule is C/C=C\CC(=O)Nc1ccc(C)c(NC(=O)c2sc3ncc(C#N)nc3c2N)c1. The lowest BCUT2D eigenvalue weighted by Crippen LogP contribution is -2.14. The Morgan fingerprint density at radius 1 is 1.34 bits per heavy atom. The molecule has 0 aliphatic rings. The Hall–Kier alpha value is -3.77. The van der Waals surface area contributed by atoms with Gasteiger partial charge in [-0.1, -0.05) is 18.2 Å². The number of aryl methyl sites for hydroxylation is 1. The highest BCUT2D eigenvalue weighted by molar-refractivity contribution is 7.21. The van der Waals surface area contributed by atoms with Gasteiger partial charge in [-0.25, -0.2) is 9.97 Å². The van der Waals surface area contributed by atoms with Crippen molar-refractivity contribution < 1.29 is 9.59 Å². The Morgan fingerprint density at radius 3 is 2.86 bits per heavy atom. The van der Waals surface area contributed by atoms with E-state index in [4.69, 9.17) is 11.0 Å². The number of nitrogens with one attached hydrogen (secondary N) is 2. The van der Waals surface area contributed by atoms with E-state index in [1.54, 1.807) is 30.4 Å². The van der Waals surface area contributed by atoms with Crippen LogP contribution in [0.25, 0.3) is 10.3 Å². The molecule has 3 aromatic rings. The van der Waals surface area contributed by atoms with Gasteiger partial charge < -0.3 is 16.4 Å². The van der Waals surface area contributed by atoms with Crippen LogP contribution in [0.4, 0.5) is 17.1 Å². The zero-order chi connectivity index (χ0) is 21.0. The average molecular weight is 406 g/mol. The number of anilines is 3. The van der Waals surface area contributed by atoms with Crippen LogP contribution in [0.5, 0.6) is 0 Å². The summed E-state index contributed by atoms with van der Waals surface area (Å²) in [6.45, 7) is 3.69. The molecule has 2 amide bonds. The van der Waals surface area contributed by atoms with Gasteiger partial charge in [0.15, 0.2) is 5.69 Å². The number of fused-ring (bicyclic) bond motifs is 1. The number of amides is 2. The number of aromatic nitrogens is 2. The number of benzene rings is 1. The Morgan fingerprint density at radius 2 is 2.14 bits per heavy atom. The number of hydrogen-bond donors (Lipinski definition) is 3. The van der Waals surface area contributed by atoms with Gasteiger partial charge in [0.25, 0.3) is 5.91 Å². The predicted octanol–water partition coefficient (Wildman–Crippen LogP) is 3.61. The van der Waals surface area contributed by atoms with Crippen LogP contribution in [0.2, 0.25) is 0 Å². The number of rotatable bonds is 5. The van der Waals surface area contributed by atoms with Gasteiger partial charge in [0.05, 0.1) is 11.9 Å². The van der Waals surface area contributed by atoms with Gasteiger partial charge >= 0.3 is 0 Å². The smallest absolute Gasteiger partial charge is 0.268 e. The number of carbonyl (C=O) groups is 2. The van der Waals surface area contributed by atoms with Crippen LogP contribution < -0.4 is 16.4 Å². The van der Waals surface area contributed by atoms with Crippen LogP contribution in [0, 0.1) is 18.3 Å². The first-order valence-electron chi connectivity index (χ1n) is 8.71. The maximum absolute atomic E-state index is 12.8. The molecule has 0 saturated heterocycles. The third-order valence-electron chi connectivity index (χ3n) is 4.07. The highest BCUT2D eigenvalue weighted by Gasteiger charge is 2.19. The second-order valence-corrected chi connectivity index (χ2v) is 7.17. The summed E-state index contributed by atoms with van der Waals surface area (Å²) in [6.07, 6.45) is 5.17. The standard InChI is InChI=1S/C20H18N6O2S/c1-3-4-5-15(27)24-12-7-6-11(2)14(8-12)26-19(28)18-16(22)17-20(29-18)23-10-13(9-21)25-17/h3-4,6-8,10H,5,22H2,1-2H3,(H,24,27)(H,26,28)/b4-3-. The molecule has 0 aliphatic carbocycles. The second-order valence-electron chi connectivity index (χ2n) is 6.17. The van der Waals surface area contributed by atoms with E-state index in [9.17, 15) is 9.59 Å². The molecule has 29 heavy (non-hydrogen) atoms. The molecular formula is C20H18N6O2S. The summed E-state index contributed by atoms with van der Waals surface area (Å²) in [5, 5.41) is 14.6. The van der Waals surface area contributed by atoms with Gasteiger partial charge in [-0.05, 0) is 31.5 Å². The van der Waals surface area contributed by atoms with Gasteiger partial charge in [0.2, 0.25) is 5.91 Å². The van der Waals surface area contributed by atoms with E-state index in [0.717, 1.165) is 16.9 Å². The molecule has 0 bridgehead atoms. The lowest BCUT2D eigenvalue weighted by atomic mass is 10.1. The summed E-state index contributed by atoms with van der Waals surface area (Å²) in [4.78, 5) is 33.7. The van der Waals surface area contributed by atoms with Crippen LogP contribution >= 0.6 is 11.3 Å². The molecule has 0 atom stereocenters. The zero-order valence-electron chi connectivity index (χ0n) is 15.8. The third-order valence-corrected chi connectivity index (χ3v) is 5.17. The van der Waals surface area contributed by atoms with Crippen LogP contribution in [0.3, 0.4) is 0 Å². The van der Waals surface area contributed by atoms with Crippen molar-refractivity contribution in [3.8, 4) is 6.07 Å². The van der Waals surface area contributed by atoms with E-state index in [1.165, 1.54) is 6.20 Å². The van der Waals surface area contributed by atoms with E-state index in [0.29, 0.717) is 21.7 Å². The molecule has 2 heterocycles. The van der Waals surface area contributed by atoms with Gasteiger partial charge in [-0.3, -0.25) is 9.59 Å². The molecule has 4 N–H and O–H groups in total. The normalized spacial score (nSPS) is 10.8. The lowest BCUT2D eigenvalue weighted by Gasteiger charge is -2.11. The van der Waals surface area contributed by atoms with E-state index >= 15 is 0 Å². The van der Waals surface area contributed by atoms with Crippen LogP contribution in [0.1, 0.15) is 34.3 Å². The molecule has 3 rings (SSSR count). The van der Waals surface area contributed by atoms with Crippen molar-refractivity contribution in [3.05, 3.63) is 52.7 Å². The number of carbonyl (C=O) groups excluding carboxylic acids is 2. The van der Waals surface area contributed by atoms with E-state index < -0.39 is 5.91 Å². The molecular weight excluding hydrogens is 388 g/mol. The van der Waals surface area contributed by atoms with Crippen LogP contribution in [-0.2, 0) is 4.79 Å². The first kappa shape index (κ1) is 20.0. The summed E-state index contributed by atoms with van der Waals surface area (Å²) >= 11 is 1.10. The molecule has 0 unspecified atom stereocenters.